The summed E-state index contributed by atoms with van der Waals surface area (Å²) in [5.41, 5.74) is 1.81. The first-order chi connectivity index (χ1) is 18.5. The van der Waals surface area contributed by atoms with Crippen molar-refractivity contribution in [2.24, 2.45) is 5.92 Å². The Morgan fingerprint density at radius 3 is 2.49 bits per heavy atom. The summed E-state index contributed by atoms with van der Waals surface area (Å²) in [5, 5.41) is 0.207. The molecular weight excluding hydrogens is 529 g/mol. The number of piperazine rings is 1. The van der Waals surface area contributed by atoms with Crippen LogP contribution in [0.1, 0.15) is 50.6 Å². The molecule has 2 aromatic heterocycles. The van der Waals surface area contributed by atoms with Gasteiger partial charge in [-0.2, -0.15) is 23.1 Å². The average molecular weight is 565 g/mol. The Hall–Kier alpha value is -2.43. The van der Waals surface area contributed by atoms with E-state index in [2.05, 4.69) is 45.1 Å². The maximum Gasteiger partial charge on any atom is 0.416 e. The lowest BCUT2D eigenvalue weighted by atomic mass is 9.97. The second kappa shape index (κ2) is 11.2. The average Bonchev–Trinajstić information content (AvgIpc) is 3.49. The number of fused-ring (bicyclic) bond motifs is 1. The molecule has 2 aliphatic heterocycles. The normalized spacial score (nSPS) is 23.6. The lowest BCUT2D eigenvalue weighted by molar-refractivity contribution is -0.137. The Morgan fingerprint density at radius 1 is 1.08 bits per heavy atom. The van der Waals surface area contributed by atoms with Gasteiger partial charge < -0.3 is 14.2 Å². The number of aryl methyl sites for hydroxylation is 1. The molecule has 0 saturated carbocycles. The Morgan fingerprint density at radius 2 is 1.82 bits per heavy atom. The van der Waals surface area contributed by atoms with Crippen molar-refractivity contribution in [3.05, 3.63) is 46.5 Å². The van der Waals surface area contributed by atoms with Gasteiger partial charge in [-0.15, -0.1) is 0 Å². The summed E-state index contributed by atoms with van der Waals surface area (Å²) in [7, 11) is 0. The van der Waals surface area contributed by atoms with E-state index in [0.29, 0.717) is 12.5 Å². The van der Waals surface area contributed by atoms with Gasteiger partial charge in [0, 0.05) is 38.3 Å². The largest absolute Gasteiger partial charge is 0.416 e. The van der Waals surface area contributed by atoms with E-state index in [-0.39, 0.29) is 23.5 Å². The van der Waals surface area contributed by atoms with E-state index < -0.39 is 11.7 Å². The molecule has 2 aliphatic rings. The van der Waals surface area contributed by atoms with Crippen molar-refractivity contribution >= 4 is 28.6 Å². The first-order valence-corrected chi connectivity index (χ1v) is 14.1. The number of rotatable bonds is 7. The Balaban J connectivity index is 1.28. The molecule has 0 spiro atoms. The van der Waals surface area contributed by atoms with Crippen LogP contribution in [0.25, 0.3) is 11.2 Å². The highest BCUT2D eigenvalue weighted by Gasteiger charge is 2.33. The molecule has 2 fully saturated rings. The van der Waals surface area contributed by atoms with Crippen molar-refractivity contribution < 1.29 is 17.9 Å². The van der Waals surface area contributed by atoms with Crippen molar-refractivity contribution in [1.82, 2.24) is 24.4 Å². The molecule has 0 aliphatic carbocycles. The number of benzene rings is 1. The number of anilines is 1. The molecule has 2 saturated heterocycles. The second-order valence-electron chi connectivity index (χ2n) is 11.2. The molecular formula is C28H36ClF3N6O. The van der Waals surface area contributed by atoms with Crippen molar-refractivity contribution in [2.75, 3.05) is 31.1 Å². The number of nitrogens with zero attached hydrogens (tertiary/aromatic N) is 6. The lowest BCUT2D eigenvalue weighted by Crippen LogP contribution is -2.57. The molecule has 1 aromatic carbocycles. The van der Waals surface area contributed by atoms with Gasteiger partial charge in [0.25, 0.3) is 0 Å². The number of ether oxygens (including phenoxy) is 1. The van der Waals surface area contributed by atoms with Gasteiger partial charge >= 0.3 is 6.18 Å². The van der Waals surface area contributed by atoms with E-state index in [4.69, 9.17) is 21.3 Å². The summed E-state index contributed by atoms with van der Waals surface area (Å²) in [6, 6.07) is 5.93. The van der Waals surface area contributed by atoms with Crippen LogP contribution in [0.2, 0.25) is 5.28 Å². The lowest BCUT2D eigenvalue weighted by Gasteiger charge is -2.45. The predicted molar refractivity (Wildman–Crippen MR) is 146 cm³/mol. The first-order valence-electron chi connectivity index (χ1n) is 13.7. The number of hydrogen-bond donors (Lipinski definition) is 0. The summed E-state index contributed by atoms with van der Waals surface area (Å²) in [5.74, 6) is 1.92. The van der Waals surface area contributed by atoms with Crippen LogP contribution in [-0.2, 0) is 23.9 Å². The standard InChI is InChI=1S/C28H36ClF3N6O/c1-17(12-21-7-9-22(10-8-21)28(30,31)32)13-36-14-19(3)37(15-18(36)2)25-24-26(35-27(29)34-25)38(20(4)33-24)16-23-6-5-11-39-23/h7-10,17-19,23H,5-6,11-16H2,1-4H3/t17?,18-,19+,23+/m1/s1. The number of hydrogen-bond acceptors (Lipinski definition) is 6. The molecule has 0 radical (unpaired) electrons. The summed E-state index contributed by atoms with van der Waals surface area (Å²) in [6.07, 6.45) is -1.33. The van der Waals surface area contributed by atoms with Crippen LogP contribution in [0.5, 0.6) is 0 Å². The highest BCUT2D eigenvalue weighted by Crippen LogP contribution is 2.32. The minimum absolute atomic E-state index is 0.158. The summed E-state index contributed by atoms with van der Waals surface area (Å²) in [6.45, 7) is 12.4. The highest BCUT2D eigenvalue weighted by molar-refractivity contribution is 6.28. The predicted octanol–water partition coefficient (Wildman–Crippen LogP) is 5.76. The van der Waals surface area contributed by atoms with Gasteiger partial charge in [-0.3, -0.25) is 4.90 Å². The van der Waals surface area contributed by atoms with Crippen LogP contribution in [0.4, 0.5) is 19.0 Å². The zero-order valence-corrected chi connectivity index (χ0v) is 23.6. The van der Waals surface area contributed by atoms with Crippen LogP contribution in [0.15, 0.2) is 24.3 Å². The van der Waals surface area contributed by atoms with Crippen molar-refractivity contribution in [3.63, 3.8) is 0 Å². The molecule has 4 atom stereocenters. The molecule has 0 bridgehead atoms. The number of imidazole rings is 1. The quantitative estimate of drug-likeness (QED) is 0.340. The van der Waals surface area contributed by atoms with Crippen LogP contribution < -0.4 is 4.90 Å². The molecule has 0 N–H and O–H groups in total. The van der Waals surface area contributed by atoms with Crippen molar-refractivity contribution in [2.45, 2.75) is 77.9 Å². The highest BCUT2D eigenvalue weighted by atomic mass is 35.5. The molecule has 1 unspecified atom stereocenters. The zero-order chi connectivity index (χ0) is 27.9. The molecule has 5 rings (SSSR count). The van der Waals surface area contributed by atoms with Gasteiger partial charge in [0.1, 0.15) is 5.82 Å². The van der Waals surface area contributed by atoms with Crippen LogP contribution in [0.3, 0.4) is 0 Å². The van der Waals surface area contributed by atoms with Gasteiger partial charge in [-0.05, 0) is 75.2 Å². The molecule has 39 heavy (non-hydrogen) atoms. The van der Waals surface area contributed by atoms with Crippen LogP contribution in [-0.4, -0.2) is 68.8 Å². The smallest absolute Gasteiger partial charge is 0.376 e. The number of aromatic nitrogens is 4. The van der Waals surface area contributed by atoms with Gasteiger partial charge in [0.2, 0.25) is 5.28 Å². The van der Waals surface area contributed by atoms with Crippen molar-refractivity contribution in [3.8, 4) is 0 Å². The fourth-order valence-corrected chi connectivity index (χ4v) is 6.08. The second-order valence-corrected chi connectivity index (χ2v) is 11.5. The summed E-state index contributed by atoms with van der Waals surface area (Å²) < 4.78 is 46.6. The Bertz CT molecular complexity index is 1290. The van der Waals surface area contributed by atoms with E-state index in [1.54, 1.807) is 12.1 Å². The van der Waals surface area contributed by atoms with Crippen molar-refractivity contribution in [1.29, 1.82) is 0 Å². The molecule has 7 nitrogen and oxygen atoms in total. The Kier molecular flexibility index (Phi) is 8.08. The summed E-state index contributed by atoms with van der Waals surface area (Å²) >= 11 is 6.44. The zero-order valence-electron chi connectivity index (χ0n) is 22.9. The topological polar surface area (TPSA) is 59.3 Å². The van der Waals surface area contributed by atoms with E-state index in [0.717, 1.165) is 73.9 Å². The third-order valence-corrected chi connectivity index (χ3v) is 8.12. The Labute approximate surface area is 232 Å². The summed E-state index contributed by atoms with van der Waals surface area (Å²) in [4.78, 5) is 18.8. The fraction of sp³-hybridized carbons (Fsp3) is 0.607. The number of halogens is 4. The minimum atomic E-state index is -4.31. The monoisotopic (exact) mass is 564 g/mol. The van der Waals surface area contributed by atoms with E-state index in [1.807, 2.05) is 6.92 Å². The van der Waals surface area contributed by atoms with Gasteiger partial charge in [0.15, 0.2) is 17.0 Å². The number of alkyl halides is 3. The van der Waals surface area contributed by atoms with E-state index in [9.17, 15) is 13.2 Å². The molecule has 0 amide bonds. The fourth-order valence-electron chi connectivity index (χ4n) is 5.92. The van der Waals surface area contributed by atoms with Gasteiger partial charge in [0.05, 0.1) is 18.2 Å². The maximum absolute atomic E-state index is 12.9. The molecule has 4 heterocycles. The van der Waals surface area contributed by atoms with E-state index in [1.165, 1.54) is 12.1 Å². The minimum Gasteiger partial charge on any atom is -0.376 e. The molecule has 11 heteroatoms. The van der Waals surface area contributed by atoms with Gasteiger partial charge in [-0.25, -0.2) is 4.98 Å². The first kappa shape index (κ1) is 28.1. The van der Waals surface area contributed by atoms with Crippen LogP contribution >= 0.6 is 11.6 Å². The van der Waals surface area contributed by atoms with Gasteiger partial charge in [-0.1, -0.05) is 19.1 Å². The third-order valence-electron chi connectivity index (χ3n) is 7.95. The van der Waals surface area contributed by atoms with E-state index >= 15 is 0 Å². The van der Waals surface area contributed by atoms with Crippen LogP contribution in [0, 0.1) is 12.8 Å². The molecule has 3 aromatic rings. The maximum atomic E-state index is 12.9. The third kappa shape index (κ3) is 6.18. The SMILES string of the molecule is Cc1nc2c(N3C[C@@H](C)N(CC(C)Cc4ccc(C(F)(F)F)cc4)C[C@@H]3C)nc(Cl)nc2n1C[C@@H]1CCCO1. The molecule has 212 valence electrons.